The molecule has 0 saturated carbocycles. The lowest BCUT2D eigenvalue weighted by Crippen LogP contribution is -2.32. The van der Waals surface area contributed by atoms with Gasteiger partial charge in [-0.05, 0) is 56.2 Å². The first-order chi connectivity index (χ1) is 16.4. The number of anilines is 1. The highest BCUT2D eigenvalue weighted by Crippen LogP contribution is 2.23. The molecule has 0 aliphatic heterocycles. The second-order valence-electron chi connectivity index (χ2n) is 7.63. The van der Waals surface area contributed by atoms with Gasteiger partial charge in [0.2, 0.25) is 5.91 Å². The summed E-state index contributed by atoms with van der Waals surface area (Å²) in [6.45, 7) is 5.97. The summed E-state index contributed by atoms with van der Waals surface area (Å²) in [5, 5.41) is 24.6. The molecule has 2 amide bonds. The van der Waals surface area contributed by atoms with E-state index in [1.54, 1.807) is 35.9 Å². The van der Waals surface area contributed by atoms with Crippen molar-refractivity contribution in [3.63, 3.8) is 0 Å². The third-order valence-corrected chi connectivity index (χ3v) is 6.26. The Hall–Kier alpha value is -3.37. The van der Waals surface area contributed by atoms with Crippen LogP contribution in [0, 0.1) is 13.8 Å². The van der Waals surface area contributed by atoms with E-state index in [1.165, 1.54) is 11.8 Å². The highest BCUT2D eigenvalue weighted by molar-refractivity contribution is 7.99. The molecular formula is C24H29N5O4S. The summed E-state index contributed by atoms with van der Waals surface area (Å²) in [6.07, 6.45) is 0. The molecule has 10 heteroatoms. The number of rotatable bonds is 10. The maximum Gasteiger partial charge on any atom is 0.251 e. The van der Waals surface area contributed by atoms with Crippen LogP contribution in [0.25, 0.3) is 0 Å². The molecular weight excluding hydrogens is 454 g/mol. The number of carbonyl (C=O) groups is 2. The number of para-hydroxylation sites is 1. The number of methoxy groups -OCH3 is 1. The molecule has 0 aliphatic rings. The van der Waals surface area contributed by atoms with Crippen LogP contribution in [0.4, 0.5) is 5.69 Å². The van der Waals surface area contributed by atoms with Gasteiger partial charge in [0.15, 0.2) is 11.0 Å². The lowest BCUT2D eigenvalue weighted by molar-refractivity contribution is -0.113. The van der Waals surface area contributed by atoms with Gasteiger partial charge >= 0.3 is 0 Å². The van der Waals surface area contributed by atoms with Crippen molar-refractivity contribution in [3.05, 3.63) is 65.0 Å². The molecule has 0 saturated heterocycles. The molecule has 1 heterocycles. The second kappa shape index (κ2) is 11.7. The zero-order valence-corrected chi connectivity index (χ0v) is 20.5. The van der Waals surface area contributed by atoms with Gasteiger partial charge in [0.25, 0.3) is 5.91 Å². The van der Waals surface area contributed by atoms with Crippen LogP contribution in [-0.4, -0.2) is 51.2 Å². The van der Waals surface area contributed by atoms with E-state index in [0.29, 0.717) is 28.8 Å². The topological polar surface area (TPSA) is 118 Å². The van der Waals surface area contributed by atoms with E-state index in [9.17, 15) is 14.7 Å². The minimum atomic E-state index is -0.750. The van der Waals surface area contributed by atoms with E-state index < -0.39 is 6.04 Å². The van der Waals surface area contributed by atoms with E-state index in [-0.39, 0.29) is 24.2 Å². The molecule has 0 aliphatic carbocycles. The molecule has 0 unspecified atom stereocenters. The third kappa shape index (κ3) is 5.95. The predicted molar refractivity (Wildman–Crippen MR) is 131 cm³/mol. The van der Waals surface area contributed by atoms with Crippen LogP contribution in [0.15, 0.2) is 47.6 Å². The first-order valence-electron chi connectivity index (χ1n) is 10.9. The summed E-state index contributed by atoms with van der Waals surface area (Å²) in [5.74, 6) is 0.706. The second-order valence-corrected chi connectivity index (χ2v) is 8.57. The molecule has 3 aromatic rings. The molecule has 0 radical (unpaired) electrons. The molecule has 9 nitrogen and oxygen atoms in total. The van der Waals surface area contributed by atoms with Gasteiger partial charge in [0.05, 0.1) is 19.5 Å². The molecule has 2 aromatic carbocycles. The SMILES string of the molecule is CCn1c(SCC(=O)Nc2c(C)cccc2C)nnc1[C@H](CO)NC(=O)c1ccc(OC)cc1. The maximum absolute atomic E-state index is 12.7. The van der Waals surface area contributed by atoms with Crippen LogP contribution in [0.5, 0.6) is 5.75 Å². The summed E-state index contributed by atoms with van der Waals surface area (Å²) >= 11 is 1.25. The van der Waals surface area contributed by atoms with Gasteiger partial charge in [-0.1, -0.05) is 30.0 Å². The number of hydrogen-bond donors (Lipinski definition) is 3. The number of aromatic nitrogens is 3. The van der Waals surface area contributed by atoms with Gasteiger partial charge in [-0.2, -0.15) is 0 Å². The average molecular weight is 484 g/mol. The lowest BCUT2D eigenvalue weighted by atomic mass is 10.1. The first kappa shape index (κ1) is 25.3. The van der Waals surface area contributed by atoms with E-state index in [1.807, 2.05) is 39.0 Å². The molecule has 3 N–H and O–H groups in total. The number of aliphatic hydroxyl groups is 1. The Kier molecular flexibility index (Phi) is 8.67. The van der Waals surface area contributed by atoms with Crippen LogP contribution in [0.1, 0.15) is 40.3 Å². The van der Waals surface area contributed by atoms with Crippen molar-refractivity contribution in [2.45, 2.75) is 38.5 Å². The largest absolute Gasteiger partial charge is 0.497 e. The molecule has 0 fully saturated rings. The minimum absolute atomic E-state index is 0.147. The van der Waals surface area contributed by atoms with E-state index in [0.717, 1.165) is 16.8 Å². The number of nitrogens with one attached hydrogen (secondary N) is 2. The Bertz CT molecular complexity index is 1130. The van der Waals surface area contributed by atoms with Crippen LogP contribution in [-0.2, 0) is 11.3 Å². The molecule has 0 bridgehead atoms. The van der Waals surface area contributed by atoms with Crippen molar-refractivity contribution in [2.24, 2.45) is 0 Å². The van der Waals surface area contributed by atoms with Gasteiger partial charge in [0, 0.05) is 17.8 Å². The monoisotopic (exact) mass is 483 g/mol. The number of thioether (sulfide) groups is 1. The predicted octanol–water partition coefficient (Wildman–Crippen LogP) is 3.12. The van der Waals surface area contributed by atoms with E-state index >= 15 is 0 Å². The number of benzene rings is 2. The zero-order chi connectivity index (χ0) is 24.7. The van der Waals surface area contributed by atoms with Gasteiger partial charge in [0.1, 0.15) is 11.8 Å². The van der Waals surface area contributed by atoms with Crippen molar-refractivity contribution in [2.75, 3.05) is 24.8 Å². The number of hydrogen-bond acceptors (Lipinski definition) is 7. The Labute approximate surface area is 202 Å². The maximum atomic E-state index is 12.7. The Morgan fingerprint density at radius 1 is 1.12 bits per heavy atom. The first-order valence-corrected chi connectivity index (χ1v) is 11.8. The Balaban J connectivity index is 1.68. The summed E-state index contributed by atoms with van der Waals surface area (Å²) in [5.41, 5.74) is 3.23. The number of aliphatic hydroxyl groups excluding tert-OH is 1. The van der Waals surface area contributed by atoms with Gasteiger partial charge < -0.3 is 25.0 Å². The van der Waals surface area contributed by atoms with Crippen LogP contribution in [0.3, 0.4) is 0 Å². The summed E-state index contributed by atoms with van der Waals surface area (Å²) in [4.78, 5) is 25.2. The summed E-state index contributed by atoms with van der Waals surface area (Å²) in [7, 11) is 1.55. The molecule has 0 spiro atoms. The van der Waals surface area contributed by atoms with Crippen molar-refractivity contribution < 1.29 is 19.4 Å². The fourth-order valence-electron chi connectivity index (χ4n) is 3.45. The van der Waals surface area contributed by atoms with Gasteiger partial charge in [-0.25, -0.2) is 0 Å². The minimum Gasteiger partial charge on any atom is -0.497 e. The number of ether oxygens (including phenoxy) is 1. The van der Waals surface area contributed by atoms with Crippen LogP contribution < -0.4 is 15.4 Å². The average Bonchev–Trinajstić information content (AvgIpc) is 3.26. The zero-order valence-electron chi connectivity index (χ0n) is 19.7. The molecule has 180 valence electrons. The number of amides is 2. The number of nitrogens with zero attached hydrogens (tertiary/aromatic N) is 3. The Morgan fingerprint density at radius 2 is 1.79 bits per heavy atom. The molecule has 1 atom stereocenters. The molecule has 1 aromatic heterocycles. The van der Waals surface area contributed by atoms with Crippen molar-refractivity contribution in [1.29, 1.82) is 0 Å². The summed E-state index contributed by atoms with van der Waals surface area (Å²) in [6, 6.07) is 11.8. The highest BCUT2D eigenvalue weighted by Gasteiger charge is 2.23. The van der Waals surface area contributed by atoms with Crippen LogP contribution in [0.2, 0.25) is 0 Å². The van der Waals surface area contributed by atoms with E-state index in [2.05, 4.69) is 20.8 Å². The fourth-order valence-corrected chi connectivity index (χ4v) is 4.26. The lowest BCUT2D eigenvalue weighted by Gasteiger charge is -2.17. The Morgan fingerprint density at radius 3 is 2.38 bits per heavy atom. The van der Waals surface area contributed by atoms with Gasteiger partial charge in [-0.15, -0.1) is 10.2 Å². The van der Waals surface area contributed by atoms with Crippen LogP contribution >= 0.6 is 11.8 Å². The summed E-state index contributed by atoms with van der Waals surface area (Å²) < 4.78 is 6.90. The highest BCUT2D eigenvalue weighted by atomic mass is 32.2. The number of aryl methyl sites for hydroxylation is 2. The van der Waals surface area contributed by atoms with Crippen molar-refractivity contribution in [3.8, 4) is 5.75 Å². The quantitative estimate of drug-likeness (QED) is 0.379. The van der Waals surface area contributed by atoms with E-state index in [4.69, 9.17) is 4.74 Å². The standard InChI is InChI=1S/C24H29N5O4S/c1-5-29-22(19(13-30)25-23(32)17-9-11-18(33-4)12-10-17)27-28-24(29)34-14-20(31)26-21-15(2)7-6-8-16(21)3/h6-12,19,30H,5,13-14H2,1-4H3,(H,25,32)(H,26,31)/t19-/m0/s1. The van der Waals surface area contributed by atoms with Crippen molar-refractivity contribution in [1.82, 2.24) is 20.1 Å². The third-order valence-electron chi connectivity index (χ3n) is 5.29. The van der Waals surface area contributed by atoms with Gasteiger partial charge in [-0.3, -0.25) is 9.59 Å². The normalized spacial score (nSPS) is 11.7. The van der Waals surface area contributed by atoms with Crippen molar-refractivity contribution >= 4 is 29.3 Å². The smallest absolute Gasteiger partial charge is 0.251 e. The fraction of sp³-hybridized carbons (Fsp3) is 0.333. The number of carbonyl (C=O) groups excluding carboxylic acids is 2. The molecule has 3 rings (SSSR count). The molecule has 34 heavy (non-hydrogen) atoms.